The normalized spacial score (nSPS) is 12.0. The highest BCUT2D eigenvalue weighted by atomic mass is 32.1. The van der Waals surface area contributed by atoms with Crippen molar-refractivity contribution in [2.24, 2.45) is 5.10 Å². The zero-order valence-electron chi connectivity index (χ0n) is 14.0. The summed E-state index contributed by atoms with van der Waals surface area (Å²) in [5.74, 6) is 0.697. The summed E-state index contributed by atoms with van der Waals surface area (Å²) in [6.45, 7) is 6.60. The lowest BCUT2D eigenvalue weighted by Gasteiger charge is -2.18. The first-order valence-corrected chi connectivity index (χ1v) is 8.24. The minimum absolute atomic E-state index is 0.142. The fourth-order valence-electron chi connectivity index (χ4n) is 2.37. The smallest absolute Gasteiger partial charge is 0.216 e. The molecule has 3 aromatic rings. The van der Waals surface area contributed by atoms with Gasteiger partial charge in [0.15, 0.2) is 5.82 Å². The van der Waals surface area contributed by atoms with Crippen LogP contribution in [-0.2, 0) is 5.41 Å². The van der Waals surface area contributed by atoms with Gasteiger partial charge in [-0.3, -0.25) is 0 Å². The summed E-state index contributed by atoms with van der Waals surface area (Å²) >= 11 is 5.29. The molecule has 1 heterocycles. The van der Waals surface area contributed by atoms with E-state index in [1.807, 2.05) is 30.3 Å². The number of rotatable bonds is 3. The summed E-state index contributed by atoms with van der Waals surface area (Å²) in [4.78, 5) is 0. The number of H-pyrrole nitrogens is 1. The van der Waals surface area contributed by atoms with Gasteiger partial charge in [-0.15, -0.1) is 0 Å². The minimum Gasteiger partial charge on any atom is -0.250 e. The summed E-state index contributed by atoms with van der Waals surface area (Å²) in [5.41, 5.74) is 3.42. The quantitative estimate of drug-likeness (QED) is 0.552. The molecule has 0 bridgehead atoms. The van der Waals surface area contributed by atoms with Crippen LogP contribution < -0.4 is 0 Å². The van der Waals surface area contributed by atoms with Gasteiger partial charge in [0.25, 0.3) is 0 Å². The molecule has 1 aromatic heterocycles. The maximum absolute atomic E-state index is 5.29. The van der Waals surface area contributed by atoms with Gasteiger partial charge in [0, 0.05) is 5.56 Å². The Morgan fingerprint density at radius 3 is 2.33 bits per heavy atom. The standard InChI is InChI=1S/C19H20N4S/c1-19(2,3)16-11-9-14(10-12-16)13-20-23-17(21-22-18(23)24)15-7-5-4-6-8-15/h4-13H,1-3H3,(H,22,24)/b20-13+. The van der Waals surface area contributed by atoms with Crippen molar-refractivity contribution in [2.45, 2.75) is 26.2 Å². The van der Waals surface area contributed by atoms with Crippen molar-refractivity contribution in [2.75, 3.05) is 0 Å². The highest BCUT2D eigenvalue weighted by Gasteiger charge is 2.12. The molecule has 5 heteroatoms. The van der Waals surface area contributed by atoms with E-state index in [1.54, 1.807) is 10.9 Å². The second-order valence-corrected chi connectivity index (χ2v) is 7.03. The number of nitrogens with one attached hydrogen (secondary N) is 1. The Labute approximate surface area is 146 Å². The van der Waals surface area contributed by atoms with Crippen molar-refractivity contribution in [3.8, 4) is 11.4 Å². The third-order valence-corrected chi connectivity index (χ3v) is 4.05. The number of benzene rings is 2. The van der Waals surface area contributed by atoms with Crippen molar-refractivity contribution >= 4 is 18.4 Å². The number of hydrogen-bond donors (Lipinski definition) is 1. The van der Waals surface area contributed by atoms with E-state index in [0.29, 0.717) is 10.6 Å². The topological polar surface area (TPSA) is 46.0 Å². The number of nitrogens with zero attached hydrogens (tertiary/aromatic N) is 3. The number of hydrogen-bond acceptors (Lipinski definition) is 3. The number of aromatic nitrogens is 3. The second kappa shape index (κ2) is 6.53. The Morgan fingerprint density at radius 1 is 1.04 bits per heavy atom. The molecule has 0 amide bonds. The maximum Gasteiger partial charge on any atom is 0.216 e. The largest absolute Gasteiger partial charge is 0.250 e. The Bertz CT molecular complexity index is 897. The Balaban J connectivity index is 1.91. The van der Waals surface area contributed by atoms with Crippen molar-refractivity contribution in [1.29, 1.82) is 0 Å². The third-order valence-electron chi connectivity index (χ3n) is 3.78. The van der Waals surface area contributed by atoms with Crippen LogP contribution in [0.15, 0.2) is 59.7 Å². The Kier molecular flexibility index (Phi) is 4.44. The lowest BCUT2D eigenvalue weighted by molar-refractivity contribution is 0.590. The molecular weight excluding hydrogens is 316 g/mol. The SMILES string of the molecule is CC(C)(C)c1ccc(/C=N/n2c(-c3ccccc3)n[nH]c2=S)cc1. The summed E-state index contributed by atoms with van der Waals surface area (Å²) in [6, 6.07) is 18.3. The predicted molar refractivity (Wildman–Crippen MR) is 101 cm³/mol. The Morgan fingerprint density at radius 2 is 1.71 bits per heavy atom. The molecule has 0 spiro atoms. The molecule has 24 heavy (non-hydrogen) atoms. The third kappa shape index (κ3) is 3.51. The highest BCUT2D eigenvalue weighted by Crippen LogP contribution is 2.22. The van der Waals surface area contributed by atoms with E-state index in [9.17, 15) is 0 Å². The van der Waals surface area contributed by atoms with E-state index in [0.717, 1.165) is 11.1 Å². The molecule has 2 aromatic carbocycles. The summed E-state index contributed by atoms with van der Waals surface area (Å²) in [5, 5.41) is 11.6. The van der Waals surface area contributed by atoms with Crippen LogP contribution in [0.25, 0.3) is 11.4 Å². The van der Waals surface area contributed by atoms with E-state index in [4.69, 9.17) is 12.2 Å². The zero-order valence-corrected chi connectivity index (χ0v) is 14.8. The molecule has 0 aliphatic heterocycles. The van der Waals surface area contributed by atoms with E-state index in [1.165, 1.54) is 5.56 Å². The molecule has 0 radical (unpaired) electrons. The van der Waals surface area contributed by atoms with E-state index in [-0.39, 0.29) is 5.41 Å². The van der Waals surface area contributed by atoms with Crippen molar-refractivity contribution in [3.05, 3.63) is 70.5 Å². The van der Waals surface area contributed by atoms with Crippen LogP contribution in [0.4, 0.5) is 0 Å². The molecule has 0 unspecified atom stereocenters. The lowest BCUT2D eigenvalue weighted by atomic mass is 9.87. The lowest BCUT2D eigenvalue weighted by Crippen LogP contribution is -2.10. The van der Waals surface area contributed by atoms with Crippen LogP contribution in [0.5, 0.6) is 0 Å². The summed E-state index contributed by atoms with van der Waals surface area (Å²) in [6.07, 6.45) is 1.80. The van der Waals surface area contributed by atoms with Gasteiger partial charge in [0.1, 0.15) is 0 Å². The molecule has 3 rings (SSSR count). The zero-order chi connectivity index (χ0) is 17.2. The molecule has 0 fully saturated rings. The fraction of sp³-hybridized carbons (Fsp3) is 0.211. The molecule has 0 atom stereocenters. The fourth-order valence-corrected chi connectivity index (χ4v) is 2.55. The molecule has 0 aliphatic carbocycles. The molecule has 0 aliphatic rings. The van der Waals surface area contributed by atoms with Crippen LogP contribution in [0, 0.1) is 4.77 Å². The molecule has 0 saturated carbocycles. The van der Waals surface area contributed by atoms with Crippen LogP contribution in [0.2, 0.25) is 0 Å². The average molecular weight is 336 g/mol. The predicted octanol–water partition coefficient (Wildman–Crippen LogP) is 4.79. The van der Waals surface area contributed by atoms with Gasteiger partial charge in [0.2, 0.25) is 4.77 Å². The van der Waals surface area contributed by atoms with Gasteiger partial charge >= 0.3 is 0 Å². The van der Waals surface area contributed by atoms with Crippen LogP contribution >= 0.6 is 12.2 Å². The average Bonchev–Trinajstić information content (AvgIpc) is 2.94. The molecule has 4 nitrogen and oxygen atoms in total. The van der Waals surface area contributed by atoms with Crippen LogP contribution in [0.3, 0.4) is 0 Å². The molecular formula is C19H20N4S. The first-order chi connectivity index (χ1) is 11.4. The minimum atomic E-state index is 0.142. The van der Waals surface area contributed by atoms with Gasteiger partial charge < -0.3 is 0 Å². The van der Waals surface area contributed by atoms with Crippen molar-refractivity contribution < 1.29 is 0 Å². The van der Waals surface area contributed by atoms with E-state index >= 15 is 0 Å². The van der Waals surface area contributed by atoms with E-state index in [2.05, 4.69) is 60.3 Å². The van der Waals surface area contributed by atoms with Gasteiger partial charge in [-0.1, -0.05) is 75.4 Å². The molecule has 0 saturated heterocycles. The first kappa shape index (κ1) is 16.3. The summed E-state index contributed by atoms with van der Waals surface area (Å²) in [7, 11) is 0. The molecule has 122 valence electrons. The van der Waals surface area contributed by atoms with Gasteiger partial charge in [0.05, 0.1) is 6.21 Å². The maximum atomic E-state index is 5.29. The van der Waals surface area contributed by atoms with Crippen molar-refractivity contribution in [1.82, 2.24) is 14.9 Å². The summed E-state index contributed by atoms with van der Waals surface area (Å²) < 4.78 is 2.11. The van der Waals surface area contributed by atoms with Crippen LogP contribution in [0.1, 0.15) is 31.9 Å². The van der Waals surface area contributed by atoms with Crippen molar-refractivity contribution in [3.63, 3.8) is 0 Å². The first-order valence-electron chi connectivity index (χ1n) is 7.83. The van der Waals surface area contributed by atoms with Gasteiger partial charge in [-0.2, -0.15) is 14.9 Å². The molecule has 1 N–H and O–H groups in total. The van der Waals surface area contributed by atoms with Gasteiger partial charge in [-0.25, -0.2) is 5.10 Å². The Hall–Kier alpha value is -2.53. The highest BCUT2D eigenvalue weighted by molar-refractivity contribution is 7.71. The number of aromatic amines is 1. The monoisotopic (exact) mass is 336 g/mol. The van der Waals surface area contributed by atoms with Gasteiger partial charge in [-0.05, 0) is 28.8 Å². The van der Waals surface area contributed by atoms with E-state index < -0.39 is 0 Å². The second-order valence-electron chi connectivity index (χ2n) is 6.65. The van der Waals surface area contributed by atoms with Crippen LogP contribution in [-0.4, -0.2) is 21.1 Å².